The molecule has 6 heteroatoms. The smallest absolute Gasteiger partial charge is 0.237 e. The van der Waals surface area contributed by atoms with Crippen LogP contribution in [0.3, 0.4) is 0 Å². The Hall–Kier alpha value is -3.17. The van der Waals surface area contributed by atoms with Gasteiger partial charge in [-0.05, 0) is 38.1 Å². The maximum Gasteiger partial charge on any atom is 0.237 e. The summed E-state index contributed by atoms with van der Waals surface area (Å²) in [6.07, 6.45) is 0. The predicted octanol–water partition coefficient (Wildman–Crippen LogP) is 4.44. The van der Waals surface area contributed by atoms with Crippen LogP contribution in [0.2, 0.25) is 0 Å². The Bertz CT molecular complexity index is 999. The van der Waals surface area contributed by atoms with E-state index < -0.39 is 0 Å². The number of carbonyl (C=O) groups is 1. The molecule has 0 bridgehead atoms. The van der Waals surface area contributed by atoms with E-state index in [4.69, 9.17) is 5.26 Å². The van der Waals surface area contributed by atoms with Crippen LogP contribution >= 0.6 is 11.8 Å². The standard InChI is InChI=1S/C21H18N4OS/c1-14-11-19(17-8-4-3-5-9-17)25-21(23-14)27-15(2)20(26)24-18-10-6-7-16(12-18)13-22/h3-12,15H,1-2H3,(H,24,26)/t15-/m0/s1. The van der Waals surface area contributed by atoms with Crippen LogP contribution in [-0.4, -0.2) is 21.1 Å². The van der Waals surface area contributed by atoms with Gasteiger partial charge in [-0.3, -0.25) is 4.79 Å². The van der Waals surface area contributed by atoms with Crippen molar-refractivity contribution in [1.82, 2.24) is 9.97 Å². The van der Waals surface area contributed by atoms with E-state index in [1.165, 1.54) is 11.8 Å². The summed E-state index contributed by atoms with van der Waals surface area (Å²) in [5.41, 5.74) is 3.79. The minimum absolute atomic E-state index is 0.165. The highest BCUT2D eigenvalue weighted by Gasteiger charge is 2.17. The fourth-order valence-corrected chi connectivity index (χ4v) is 3.30. The van der Waals surface area contributed by atoms with Crippen LogP contribution in [-0.2, 0) is 4.79 Å². The number of aryl methyl sites for hydroxylation is 1. The molecule has 1 aromatic heterocycles. The number of carbonyl (C=O) groups excluding carboxylic acids is 1. The van der Waals surface area contributed by atoms with Gasteiger partial charge < -0.3 is 5.32 Å². The van der Waals surface area contributed by atoms with Crippen molar-refractivity contribution in [3.05, 3.63) is 71.9 Å². The molecule has 0 aliphatic rings. The van der Waals surface area contributed by atoms with Crippen LogP contribution < -0.4 is 5.32 Å². The van der Waals surface area contributed by atoms with Gasteiger partial charge >= 0.3 is 0 Å². The van der Waals surface area contributed by atoms with Crippen molar-refractivity contribution in [2.45, 2.75) is 24.3 Å². The molecule has 27 heavy (non-hydrogen) atoms. The quantitative estimate of drug-likeness (QED) is 0.527. The molecule has 1 heterocycles. The molecule has 0 aliphatic heterocycles. The zero-order valence-corrected chi connectivity index (χ0v) is 15.8. The van der Waals surface area contributed by atoms with Crippen molar-refractivity contribution < 1.29 is 4.79 Å². The van der Waals surface area contributed by atoms with Gasteiger partial charge in [0.2, 0.25) is 5.91 Å². The van der Waals surface area contributed by atoms with Crippen molar-refractivity contribution in [1.29, 1.82) is 5.26 Å². The lowest BCUT2D eigenvalue weighted by molar-refractivity contribution is -0.115. The Morgan fingerprint density at radius 1 is 1.11 bits per heavy atom. The van der Waals surface area contributed by atoms with E-state index in [9.17, 15) is 4.79 Å². The van der Waals surface area contributed by atoms with Crippen molar-refractivity contribution >= 4 is 23.4 Å². The lowest BCUT2D eigenvalue weighted by Crippen LogP contribution is -2.22. The summed E-state index contributed by atoms with van der Waals surface area (Å²) >= 11 is 1.30. The van der Waals surface area contributed by atoms with Crippen LogP contribution in [0.1, 0.15) is 18.2 Å². The normalized spacial score (nSPS) is 11.4. The van der Waals surface area contributed by atoms with E-state index in [1.807, 2.05) is 50.2 Å². The van der Waals surface area contributed by atoms with Crippen LogP contribution in [0.4, 0.5) is 5.69 Å². The topological polar surface area (TPSA) is 78.7 Å². The average molecular weight is 374 g/mol. The number of aromatic nitrogens is 2. The minimum atomic E-state index is -0.388. The average Bonchev–Trinajstić information content (AvgIpc) is 2.68. The molecule has 1 N–H and O–H groups in total. The van der Waals surface area contributed by atoms with Gasteiger partial charge in [0.1, 0.15) is 0 Å². The Kier molecular flexibility index (Phi) is 5.84. The maximum absolute atomic E-state index is 12.5. The molecule has 5 nitrogen and oxygen atoms in total. The van der Waals surface area contributed by atoms with E-state index in [-0.39, 0.29) is 11.2 Å². The molecular weight excluding hydrogens is 356 g/mol. The molecule has 134 valence electrons. The highest BCUT2D eigenvalue weighted by Crippen LogP contribution is 2.25. The van der Waals surface area contributed by atoms with Crippen LogP contribution in [0.25, 0.3) is 11.3 Å². The number of hydrogen-bond donors (Lipinski definition) is 1. The number of thioether (sulfide) groups is 1. The summed E-state index contributed by atoms with van der Waals surface area (Å²) in [6, 6.07) is 20.7. The van der Waals surface area contributed by atoms with Crippen LogP contribution in [0.15, 0.2) is 65.8 Å². The van der Waals surface area contributed by atoms with Crippen molar-refractivity contribution in [3.63, 3.8) is 0 Å². The van der Waals surface area contributed by atoms with E-state index in [2.05, 4.69) is 21.4 Å². The molecule has 2 aromatic carbocycles. The SMILES string of the molecule is Cc1cc(-c2ccccc2)nc(S[C@@H](C)C(=O)Nc2cccc(C#N)c2)n1. The molecule has 1 amide bonds. The van der Waals surface area contributed by atoms with Gasteiger partial charge in [-0.1, -0.05) is 48.2 Å². The van der Waals surface area contributed by atoms with Gasteiger partial charge in [0, 0.05) is 16.9 Å². The second kappa shape index (κ2) is 8.47. The molecule has 0 spiro atoms. The molecule has 0 fully saturated rings. The summed E-state index contributed by atoms with van der Waals surface area (Å²) in [5.74, 6) is -0.165. The Morgan fingerprint density at radius 2 is 1.89 bits per heavy atom. The zero-order valence-electron chi connectivity index (χ0n) is 15.0. The summed E-state index contributed by atoms with van der Waals surface area (Å²) < 4.78 is 0. The molecule has 0 saturated heterocycles. The zero-order chi connectivity index (χ0) is 19.2. The third-order valence-electron chi connectivity index (χ3n) is 3.81. The number of anilines is 1. The first-order valence-electron chi connectivity index (χ1n) is 8.44. The van der Waals surface area contributed by atoms with Crippen LogP contribution in [0.5, 0.6) is 0 Å². The second-order valence-corrected chi connectivity index (χ2v) is 7.29. The van der Waals surface area contributed by atoms with Gasteiger partial charge in [0.15, 0.2) is 5.16 Å². The molecule has 3 aromatic rings. The van der Waals surface area contributed by atoms with Crippen LogP contribution in [0, 0.1) is 18.3 Å². The number of nitriles is 1. The molecule has 1 atom stereocenters. The molecule has 3 rings (SSSR count). The number of rotatable bonds is 5. The largest absolute Gasteiger partial charge is 0.325 e. The fraction of sp³-hybridized carbons (Fsp3) is 0.143. The first-order valence-corrected chi connectivity index (χ1v) is 9.32. The van der Waals surface area contributed by atoms with Gasteiger partial charge in [-0.15, -0.1) is 0 Å². The summed E-state index contributed by atoms with van der Waals surface area (Å²) in [7, 11) is 0. The van der Waals surface area contributed by atoms with Gasteiger partial charge in [0.25, 0.3) is 0 Å². The van der Waals surface area contributed by atoms with E-state index in [1.54, 1.807) is 24.3 Å². The molecule has 0 radical (unpaired) electrons. The van der Waals surface area contributed by atoms with Gasteiger partial charge in [-0.2, -0.15) is 5.26 Å². The first kappa shape index (κ1) is 18.6. The van der Waals surface area contributed by atoms with Gasteiger partial charge in [-0.25, -0.2) is 9.97 Å². The number of amides is 1. The first-order chi connectivity index (χ1) is 13.0. The summed E-state index contributed by atoms with van der Waals surface area (Å²) in [6.45, 7) is 3.72. The third-order valence-corrected chi connectivity index (χ3v) is 4.77. The van der Waals surface area contributed by atoms with Crippen molar-refractivity contribution in [2.75, 3.05) is 5.32 Å². The number of benzene rings is 2. The Balaban J connectivity index is 1.73. The third kappa shape index (κ3) is 4.93. The lowest BCUT2D eigenvalue weighted by Gasteiger charge is -2.12. The second-order valence-electron chi connectivity index (χ2n) is 5.99. The predicted molar refractivity (Wildman–Crippen MR) is 107 cm³/mol. The summed E-state index contributed by atoms with van der Waals surface area (Å²) in [5, 5.41) is 12.0. The highest BCUT2D eigenvalue weighted by atomic mass is 32.2. The van der Waals surface area contributed by atoms with E-state index >= 15 is 0 Å². The number of nitrogens with zero attached hydrogens (tertiary/aromatic N) is 3. The minimum Gasteiger partial charge on any atom is -0.325 e. The van der Waals surface area contributed by atoms with Gasteiger partial charge in [0.05, 0.1) is 22.6 Å². The molecule has 0 saturated carbocycles. The summed E-state index contributed by atoms with van der Waals surface area (Å²) in [4.78, 5) is 21.5. The van der Waals surface area contributed by atoms with E-state index in [0.29, 0.717) is 16.4 Å². The lowest BCUT2D eigenvalue weighted by atomic mass is 10.1. The Morgan fingerprint density at radius 3 is 2.63 bits per heavy atom. The fourth-order valence-electron chi connectivity index (χ4n) is 2.47. The molecule has 0 aliphatic carbocycles. The van der Waals surface area contributed by atoms with E-state index in [0.717, 1.165) is 17.0 Å². The molecular formula is C21H18N4OS. The van der Waals surface area contributed by atoms with Crippen molar-refractivity contribution in [3.8, 4) is 17.3 Å². The maximum atomic E-state index is 12.5. The van der Waals surface area contributed by atoms with Crippen molar-refractivity contribution in [2.24, 2.45) is 0 Å². The number of nitrogens with one attached hydrogen (secondary N) is 1. The number of hydrogen-bond acceptors (Lipinski definition) is 5. The Labute approximate surface area is 162 Å². The monoisotopic (exact) mass is 374 g/mol. The molecule has 0 unspecified atom stereocenters. The highest BCUT2D eigenvalue weighted by molar-refractivity contribution is 8.00.